The average molecular weight is 339 g/mol. The largest absolute Gasteiger partial charge is 0.352 e. The number of nitrogens with zero attached hydrogens (tertiary/aromatic N) is 1. The molecule has 0 saturated heterocycles. The van der Waals surface area contributed by atoms with Crippen molar-refractivity contribution in [3.05, 3.63) is 83.6 Å². The molecule has 6 heteroatoms. The first-order valence-corrected chi connectivity index (χ1v) is 7.57. The SMILES string of the molecule is Cc1cccc(C(=O)Nc2ccc(Nc3ccc(F)cc3F)cn2)c1. The molecule has 0 bridgehead atoms. The predicted octanol–water partition coefficient (Wildman–Crippen LogP) is 4.66. The monoisotopic (exact) mass is 339 g/mol. The van der Waals surface area contributed by atoms with Gasteiger partial charge in [-0.2, -0.15) is 0 Å². The molecule has 0 radical (unpaired) electrons. The molecule has 0 atom stereocenters. The van der Waals surface area contributed by atoms with Gasteiger partial charge in [0.15, 0.2) is 0 Å². The normalized spacial score (nSPS) is 10.4. The van der Waals surface area contributed by atoms with Gasteiger partial charge in [-0.05, 0) is 43.3 Å². The molecule has 0 aliphatic carbocycles. The predicted molar refractivity (Wildman–Crippen MR) is 93.0 cm³/mol. The van der Waals surface area contributed by atoms with Gasteiger partial charge in [-0.25, -0.2) is 13.8 Å². The standard InChI is InChI=1S/C19H15F2N3O/c1-12-3-2-4-13(9-12)19(25)24-18-8-6-15(11-22-18)23-17-7-5-14(20)10-16(17)21/h2-11,23H,1H3,(H,22,24,25). The Labute approximate surface area is 143 Å². The first kappa shape index (κ1) is 16.6. The van der Waals surface area contributed by atoms with E-state index in [1.165, 1.54) is 12.3 Å². The first-order valence-electron chi connectivity index (χ1n) is 7.57. The molecule has 1 aromatic heterocycles. The number of carbonyl (C=O) groups is 1. The van der Waals surface area contributed by atoms with E-state index in [-0.39, 0.29) is 11.6 Å². The molecule has 0 spiro atoms. The van der Waals surface area contributed by atoms with Crippen LogP contribution < -0.4 is 10.6 Å². The number of nitrogens with one attached hydrogen (secondary N) is 2. The Bertz CT molecular complexity index is 911. The molecule has 3 aromatic rings. The number of anilines is 3. The zero-order valence-corrected chi connectivity index (χ0v) is 13.4. The van der Waals surface area contributed by atoms with E-state index in [1.807, 2.05) is 19.1 Å². The van der Waals surface area contributed by atoms with Crippen LogP contribution in [0.2, 0.25) is 0 Å². The van der Waals surface area contributed by atoms with Crippen LogP contribution in [0.4, 0.5) is 26.0 Å². The molecule has 0 saturated carbocycles. The molecule has 1 heterocycles. The fraction of sp³-hybridized carbons (Fsp3) is 0.0526. The summed E-state index contributed by atoms with van der Waals surface area (Å²) >= 11 is 0. The van der Waals surface area contributed by atoms with Crippen molar-refractivity contribution in [2.75, 3.05) is 10.6 Å². The van der Waals surface area contributed by atoms with Crippen LogP contribution in [-0.4, -0.2) is 10.9 Å². The summed E-state index contributed by atoms with van der Waals surface area (Å²) in [4.78, 5) is 16.3. The number of aryl methyl sites for hydroxylation is 1. The Morgan fingerprint density at radius 3 is 2.56 bits per heavy atom. The topological polar surface area (TPSA) is 54.0 Å². The summed E-state index contributed by atoms with van der Waals surface area (Å²) in [5.74, 6) is -1.23. The number of rotatable bonds is 4. The molecule has 126 valence electrons. The summed E-state index contributed by atoms with van der Waals surface area (Å²) in [5.41, 5.74) is 2.18. The van der Waals surface area contributed by atoms with E-state index in [9.17, 15) is 13.6 Å². The third-order valence-corrected chi connectivity index (χ3v) is 3.50. The second kappa shape index (κ2) is 7.09. The molecule has 0 aliphatic heterocycles. The summed E-state index contributed by atoms with van der Waals surface area (Å²) in [7, 11) is 0. The summed E-state index contributed by atoms with van der Waals surface area (Å²) in [5, 5.41) is 5.50. The Morgan fingerprint density at radius 2 is 1.88 bits per heavy atom. The van der Waals surface area contributed by atoms with E-state index in [0.717, 1.165) is 17.7 Å². The van der Waals surface area contributed by atoms with Gasteiger partial charge >= 0.3 is 0 Å². The van der Waals surface area contributed by atoms with Crippen LogP contribution in [0.5, 0.6) is 0 Å². The first-order chi connectivity index (χ1) is 12.0. The van der Waals surface area contributed by atoms with Crippen molar-refractivity contribution in [3.63, 3.8) is 0 Å². The van der Waals surface area contributed by atoms with E-state index in [0.29, 0.717) is 17.1 Å². The van der Waals surface area contributed by atoms with Gasteiger partial charge in [-0.3, -0.25) is 4.79 Å². The lowest BCUT2D eigenvalue weighted by molar-refractivity contribution is 0.102. The van der Waals surface area contributed by atoms with Gasteiger partial charge in [0, 0.05) is 11.6 Å². The minimum Gasteiger partial charge on any atom is -0.352 e. The lowest BCUT2D eigenvalue weighted by atomic mass is 10.1. The van der Waals surface area contributed by atoms with Crippen LogP contribution in [0.15, 0.2) is 60.8 Å². The number of amides is 1. The zero-order chi connectivity index (χ0) is 17.8. The molecule has 0 fully saturated rings. The molecular formula is C19H15F2N3O. The van der Waals surface area contributed by atoms with Gasteiger partial charge in [0.2, 0.25) is 0 Å². The number of benzene rings is 2. The second-order valence-electron chi connectivity index (χ2n) is 5.50. The molecule has 25 heavy (non-hydrogen) atoms. The van der Waals surface area contributed by atoms with Crippen molar-refractivity contribution in [3.8, 4) is 0 Å². The van der Waals surface area contributed by atoms with Crippen molar-refractivity contribution in [2.24, 2.45) is 0 Å². The molecular weight excluding hydrogens is 324 g/mol. The second-order valence-corrected chi connectivity index (χ2v) is 5.50. The van der Waals surface area contributed by atoms with Gasteiger partial charge in [-0.15, -0.1) is 0 Å². The van der Waals surface area contributed by atoms with Crippen molar-refractivity contribution in [1.29, 1.82) is 0 Å². The molecule has 0 aliphatic rings. The number of halogens is 2. The number of carbonyl (C=O) groups excluding carboxylic acids is 1. The summed E-state index contributed by atoms with van der Waals surface area (Å²) in [6, 6.07) is 13.7. The fourth-order valence-electron chi connectivity index (χ4n) is 2.26. The fourth-order valence-corrected chi connectivity index (χ4v) is 2.26. The van der Waals surface area contributed by atoms with E-state index >= 15 is 0 Å². The Hall–Kier alpha value is -3.28. The Balaban J connectivity index is 1.69. The molecule has 3 rings (SSSR count). The lowest BCUT2D eigenvalue weighted by Gasteiger charge is -2.09. The highest BCUT2D eigenvalue weighted by atomic mass is 19.1. The minimum absolute atomic E-state index is 0.139. The van der Waals surface area contributed by atoms with Crippen molar-refractivity contribution in [2.45, 2.75) is 6.92 Å². The van der Waals surface area contributed by atoms with Gasteiger partial charge < -0.3 is 10.6 Å². The van der Waals surface area contributed by atoms with Crippen LogP contribution in [0.25, 0.3) is 0 Å². The van der Waals surface area contributed by atoms with Crippen LogP contribution in [0.1, 0.15) is 15.9 Å². The highest BCUT2D eigenvalue weighted by molar-refractivity contribution is 6.03. The minimum atomic E-state index is -0.697. The van der Waals surface area contributed by atoms with Crippen molar-refractivity contribution >= 4 is 23.1 Å². The maximum atomic E-state index is 13.6. The van der Waals surface area contributed by atoms with Crippen LogP contribution in [-0.2, 0) is 0 Å². The van der Waals surface area contributed by atoms with E-state index in [1.54, 1.807) is 24.3 Å². The van der Waals surface area contributed by atoms with Crippen LogP contribution in [0, 0.1) is 18.6 Å². The van der Waals surface area contributed by atoms with Crippen molar-refractivity contribution < 1.29 is 13.6 Å². The quantitative estimate of drug-likeness (QED) is 0.727. The summed E-state index contributed by atoms with van der Waals surface area (Å²) in [6.45, 7) is 1.91. The third-order valence-electron chi connectivity index (χ3n) is 3.50. The van der Waals surface area contributed by atoms with Gasteiger partial charge in [0.1, 0.15) is 17.5 Å². The lowest BCUT2D eigenvalue weighted by Crippen LogP contribution is -2.13. The van der Waals surface area contributed by atoms with Crippen LogP contribution in [0.3, 0.4) is 0 Å². The molecule has 0 unspecified atom stereocenters. The number of hydrogen-bond acceptors (Lipinski definition) is 3. The summed E-state index contributed by atoms with van der Waals surface area (Å²) < 4.78 is 26.5. The highest BCUT2D eigenvalue weighted by Gasteiger charge is 2.08. The zero-order valence-electron chi connectivity index (χ0n) is 13.4. The van der Waals surface area contributed by atoms with Crippen LogP contribution >= 0.6 is 0 Å². The number of hydrogen-bond donors (Lipinski definition) is 2. The van der Waals surface area contributed by atoms with Gasteiger partial charge in [-0.1, -0.05) is 17.7 Å². The van der Waals surface area contributed by atoms with E-state index in [2.05, 4.69) is 15.6 Å². The molecule has 4 nitrogen and oxygen atoms in total. The average Bonchev–Trinajstić information content (AvgIpc) is 2.59. The smallest absolute Gasteiger partial charge is 0.256 e. The highest BCUT2D eigenvalue weighted by Crippen LogP contribution is 2.21. The van der Waals surface area contributed by atoms with Gasteiger partial charge in [0.25, 0.3) is 5.91 Å². The van der Waals surface area contributed by atoms with E-state index < -0.39 is 11.6 Å². The third kappa shape index (κ3) is 4.17. The van der Waals surface area contributed by atoms with E-state index in [4.69, 9.17) is 0 Å². The number of aromatic nitrogens is 1. The molecule has 2 N–H and O–H groups in total. The molecule has 2 aromatic carbocycles. The maximum Gasteiger partial charge on any atom is 0.256 e. The molecule has 1 amide bonds. The van der Waals surface area contributed by atoms with Crippen molar-refractivity contribution in [1.82, 2.24) is 4.98 Å². The summed E-state index contributed by atoms with van der Waals surface area (Å²) in [6.07, 6.45) is 1.45. The van der Waals surface area contributed by atoms with Gasteiger partial charge in [0.05, 0.1) is 17.6 Å². The Kier molecular flexibility index (Phi) is 4.70. The number of pyridine rings is 1. The maximum absolute atomic E-state index is 13.6. The Morgan fingerprint density at radius 1 is 1.04 bits per heavy atom.